The van der Waals surface area contributed by atoms with Gasteiger partial charge in [0.05, 0.1) is 0 Å². The zero-order valence-electron chi connectivity index (χ0n) is 21.4. The molecule has 0 radical (unpaired) electrons. The summed E-state index contributed by atoms with van der Waals surface area (Å²) >= 11 is 1.55. The molecule has 0 bridgehead atoms. The van der Waals surface area contributed by atoms with Crippen molar-refractivity contribution in [2.24, 2.45) is 17.8 Å². The zero-order chi connectivity index (χ0) is 25.9. The Labute approximate surface area is 207 Å². The Bertz CT molecular complexity index is 689. The van der Waals surface area contributed by atoms with Crippen LogP contribution >= 0.6 is 11.8 Å². The SMILES string of the molecule is CCC(C)[C@H](NC(=O)OC(C)(C)C)C(=O)NCC1CCC(C(=O)N[C@H](CCSC)C(=O)O)CC1. The van der Waals surface area contributed by atoms with Crippen molar-refractivity contribution in [2.75, 3.05) is 18.6 Å². The molecule has 1 unspecified atom stereocenters. The van der Waals surface area contributed by atoms with Crippen LogP contribution in [0.15, 0.2) is 0 Å². The zero-order valence-corrected chi connectivity index (χ0v) is 22.3. The summed E-state index contributed by atoms with van der Waals surface area (Å²) in [6, 6.07) is -1.54. The van der Waals surface area contributed by atoms with Gasteiger partial charge in [0.2, 0.25) is 11.8 Å². The lowest BCUT2D eigenvalue weighted by Crippen LogP contribution is -2.52. The monoisotopic (exact) mass is 501 g/mol. The van der Waals surface area contributed by atoms with Crippen LogP contribution < -0.4 is 16.0 Å². The lowest BCUT2D eigenvalue weighted by atomic mass is 9.81. The van der Waals surface area contributed by atoms with E-state index in [1.165, 1.54) is 0 Å². The van der Waals surface area contributed by atoms with E-state index in [0.29, 0.717) is 31.6 Å². The third-order valence-corrected chi connectivity index (χ3v) is 6.82. The molecule has 0 heterocycles. The summed E-state index contributed by atoms with van der Waals surface area (Å²) in [6.45, 7) is 9.66. The van der Waals surface area contributed by atoms with Crippen molar-refractivity contribution in [3.05, 3.63) is 0 Å². The lowest BCUT2D eigenvalue weighted by Gasteiger charge is -2.30. The first kappa shape index (κ1) is 30.1. The number of amides is 3. The summed E-state index contributed by atoms with van der Waals surface area (Å²) in [5.74, 6) is -0.796. The number of aliphatic carboxylic acids is 1. The smallest absolute Gasteiger partial charge is 0.408 e. The van der Waals surface area contributed by atoms with E-state index in [4.69, 9.17) is 4.74 Å². The molecule has 4 N–H and O–H groups in total. The van der Waals surface area contributed by atoms with Crippen LogP contribution in [-0.2, 0) is 19.1 Å². The van der Waals surface area contributed by atoms with Gasteiger partial charge in [0, 0.05) is 12.5 Å². The summed E-state index contributed by atoms with van der Waals surface area (Å²) in [4.78, 5) is 48.9. The fourth-order valence-corrected chi connectivity index (χ4v) is 4.37. The van der Waals surface area contributed by atoms with Crippen LogP contribution in [0.3, 0.4) is 0 Å². The minimum atomic E-state index is -1.00. The summed E-state index contributed by atoms with van der Waals surface area (Å²) in [7, 11) is 0. The largest absolute Gasteiger partial charge is 0.480 e. The van der Waals surface area contributed by atoms with Crippen LogP contribution in [0.1, 0.15) is 73.1 Å². The van der Waals surface area contributed by atoms with Crippen molar-refractivity contribution in [1.29, 1.82) is 0 Å². The summed E-state index contributed by atoms with van der Waals surface area (Å²) < 4.78 is 5.30. The second-order valence-corrected chi connectivity index (χ2v) is 11.1. The number of carbonyl (C=O) groups is 4. The molecule has 1 aliphatic rings. The molecule has 196 valence electrons. The highest BCUT2D eigenvalue weighted by Gasteiger charge is 2.31. The molecule has 3 atom stereocenters. The predicted octanol–water partition coefficient (Wildman–Crippen LogP) is 3.17. The topological polar surface area (TPSA) is 134 Å². The van der Waals surface area contributed by atoms with E-state index in [2.05, 4.69) is 16.0 Å². The van der Waals surface area contributed by atoms with Crippen LogP contribution in [0.5, 0.6) is 0 Å². The Kier molecular flexibility index (Phi) is 12.8. The number of hydrogen-bond acceptors (Lipinski definition) is 6. The predicted molar refractivity (Wildman–Crippen MR) is 134 cm³/mol. The van der Waals surface area contributed by atoms with Gasteiger partial charge < -0.3 is 25.8 Å². The number of hydrogen-bond donors (Lipinski definition) is 4. The first-order valence-electron chi connectivity index (χ1n) is 12.2. The van der Waals surface area contributed by atoms with Gasteiger partial charge in [-0.15, -0.1) is 0 Å². The van der Waals surface area contributed by atoms with Gasteiger partial charge in [-0.25, -0.2) is 9.59 Å². The second-order valence-electron chi connectivity index (χ2n) is 10.2. The number of nitrogens with one attached hydrogen (secondary N) is 3. The third kappa shape index (κ3) is 11.0. The molecular formula is C24H43N3O6S. The van der Waals surface area contributed by atoms with Gasteiger partial charge in [-0.05, 0) is 76.7 Å². The molecular weight excluding hydrogens is 458 g/mol. The number of thioether (sulfide) groups is 1. The summed E-state index contributed by atoms with van der Waals surface area (Å²) in [5, 5.41) is 17.7. The average Bonchev–Trinajstić information content (AvgIpc) is 2.76. The fourth-order valence-electron chi connectivity index (χ4n) is 3.90. The van der Waals surface area contributed by atoms with Gasteiger partial charge in [0.15, 0.2) is 0 Å². The van der Waals surface area contributed by atoms with Crippen LogP contribution in [-0.4, -0.2) is 65.2 Å². The van der Waals surface area contributed by atoms with Crippen molar-refractivity contribution in [1.82, 2.24) is 16.0 Å². The van der Waals surface area contributed by atoms with Crippen molar-refractivity contribution < 1.29 is 29.0 Å². The fraction of sp³-hybridized carbons (Fsp3) is 0.833. The van der Waals surface area contributed by atoms with Gasteiger partial charge in [0.1, 0.15) is 17.7 Å². The Morgan fingerprint density at radius 3 is 2.21 bits per heavy atom. The highest BCUT2D eigenvalue weighted by Crippen LogP contribution is 2.29. The Morgan fingerprint density at radius 1 is 1.09 bits per heavy atom. The molecule has 34 heavy (non-hydrogen) atoms. The van der Waals surface area contributed by atoms with E-state index in [-0.39, 0.29) is 29.6 Å². The minimum absolute atomic E-state index is 0.0553. The van der Waals surface area contributed by atoms with Crippen molar-refractivity contribution in [2.45, 2.75) is 90.8 Å². The molecule has 0 aromatic rings. The van der Waals surface area contributed by atoms with E-state index >= 15 is 0 Å². The minimum Gasteiger partial charge on any atom is -0.480 e. The van der Waals surface area contributed by atoms with Crippen molar-refractivity contribution >= 4 is 35.6 Å². The van der Waals surface area contributed by atoms with Crippen LogP contribution in [0.25, 0.3) is 0 Å². The second kappa shape index (κ2) is 14.4. The van der Waals surface area contributed by atoms with Gasteiger partial charge >= 0.3 is 12.1 Å². The van der Waals surface area contributed by atoms with E-state index in [1.54, 1.807) is 32.5 Å². The van der Waals surface area contributed by atoms with Gasteiger partial charge in [-0.2, -0.15) is 11.8 Å². The van der Waals surface area contributed by atoms with Crippen LogP contribution in [0, 0.1) is 17.8 Å². The molecule has 10 heteroatoms. The van der Waals surface area contributed by atoms with Crippen molar-refractivity contribution in [3.8, 4) is 0 Å². The molecule has 0 aromatic heterocycles. The number of alkyl carbamates (subject to hydrolysis) is 1. The Hall–Kier alpha value is -1.97. The molecule has 1 saturated carbocycles. The molecule has 1 aliphatic carbocycles. The highest BCUT2D eigenvalue weighted by molar-refractivity contribution is 7.98. The normalized spacial score (nSPS) is 21.0. The number of rotatable bonds is 12. The molecule has 3 amide bonds. The van der Waals surface area contributed by atoms with E-state index in [1.807, 2.05) is 20.1 Å². The molecule has 1 fully saturated rings. The Balaban J connectivity index is 2.53. The van der Waals surface area contributed by atoms with Gasteiger partial charge in [-0.1, -0.05) is 20.3 Å². The highest BCUT2D eigenvalue weighted by atomic mass is 32.2. The molecule has 0 saturated heterocycles. The average molecular weight is 502 g/mol. The van der Waals surface area contributed by atoms with E-state index in [9.17, 15) is 24.3 Å². The number of ether oxygens (including phenoxy) is 1. The maximum atomic E-state index is 12.8. The maximum absolute atomic E-state index is 12.8. The molecule has 0 aliphatic heterocycles. The summed E-state index contributed by atoms with van der Waals surface area (Å²) in [6.07, 6.45) is 5.28. The number of carbonyl (C=O) groups excluding carboxylic acids is 3. The first-order chi connectivity index (χ1) is 15.9. The van der Waals surface area contributed by atoms with Crippen LogP contribution in [0.4, 0.5) is 4.79 Å². The molecule has 0 spiro atoms. The molecule has 0 aromatic carbocycles. The number of carboxylic acid groups (broad SMARTS) is 1. The van der Waals surface area contributed by atoms with Gasteiger partial charge in [0.25, 0.3) is 0 Å². The third-order valence-electron chi connectivity index (χ3n) is 6.18. The maximum Gasteiger partial charge on any atom is 0.408 e. The van der Waals surface area contributed by atoms with E-state index in [0.717, 1.165) is 19.3 Å². The van der Waals surface area contributed by atoms with Crippen LogP contribution in [0.2, 0.25) is 0 Å². The van der Waals surface area contributed by atoms with Crippen molar-refractivity contribution in [3.63, 3.8) is 0 Å². The van der Waals surface area contributed by atoms with Gasteiger partial charge in [-0.3, -0.25) is 9.59 Å². The molecule has 9 nitrogen and oxygen atoms in total. The first-order valence-corrected chi connectivity index (χ1v) is 13.6. The standard InChI is InChI=1S/C24H43N3O6S/c1-7-15(2)19(27-23(32)33-24(3,4)5)21(29)25-14-16-8-10-17(11-9-16)20(28)26-18(22(30)31)12-13-34-6/h15-19H,7-14H2,1-6H3,(H,25,29)(H,26,28)(H,27,32)(H,30,31)/t15?,16?,17?,18-,19+/m1/s1. The number of carboxylic acids is 1. The summed E-state index contributed by atoms with van der Waals surface area (Å²) in [5.41, 5.74) is -0.648. The van der Waals surface area contributed by atoms with E-state index < -0.39 is 29.7 Å². The lowest BCUT2D eigenvalue weighted by molar-refractivity contribution is -0.142. The quantitative estimate of drug-likeness (QED) is 0.323. The Morgan fingerprint density at radius 2 is 1.71 bits per heavy atom. The molecule has 1 rings (SSSR count).